The van der Waals surface area contributed by atoms with Crippen LogP contribution in [-0.2, 0) is 4.79 Å². The Morgan fingerprint density at radius 1 is 1.19 bits per heavy atom. The van der Waals surface area contributed by atoms with Gasteiger partial charge in [0.15, 0.2) is 16.7 Å². The number of halogens is 1. The number of aromatic carboxylic acids is 1. The molecule has 2 aromatic carbocycles. The molecule has 1 amide bonds. The molecule has 9 heteroatoms. The number of nitrogens with zero attached hydrogens (tertiary/aromatic N) is 2. The Balaban J connectivity index is 1.97. The smallest absolute Gasteiger partial charge is 0.335 e. The van der Waals surface area contributed by atoms with Crippen LogP contribution in [0.25, 0.3) is 6.08 Å². The van der Waals surface area contributed by atoms with Gasteiger partial charge in [-0.05, 0) is 90.4 Å². The number of carbonyl (C=O) groups excluding carboxylic acids is 1. The number of benzene rings is 2. The standard InChI is InChI=1S/C23H23BrN2O5S/c1-4-26-21(27)19(32-23(26)25-16-9-7-8-15(13-16)22(28)29)12-14-10-17(24)20(31-6-3)18(11-14)30-5-2/h7-13H,4-6H2,1-3H3,(H,28,29)/b19-12-,25-23?. The van der Waals surface area contributed by atoms with Gasteiger partial charge in [-0.15, -0.1) is 0 Å². The van der Waals surface area contributed by atoms with Crippen molar-refractivity contribution in [1.29, 1.82) is 0 Å². The molecule has 0 saturated carbocycles. The average molecular weight is 519 g/mol. The monoisotopic (exact) mass is 518 g/mol. The lowest BCUT2D eigenvalue weighted by Gasteiger charge is -2.13. The maximum Gasteiger partial charge on any atom is 0.335 e. The molecule has 2 aromatic rings. The van der Waals surface area contributed by atoms with Crippen LogP contribution in [-0.4, -0.2) is 46.8 Å². The van der Waals surface area contributed by atoms with Gasteiger partial charge in [0.2, 0.25) is 0 Å². The second kappa shape index (κ2) is 10.7. The highest BCUT2D eigenvalue weighted by atomic mass is 79.9. The first-order valence-corrected chi connectivity index (χ1v) is 11.7. The van der Waals surface area contributed by atoms with Crippen molar-refractivity contribution in [2.24, 2.45) is 4.99 Å². The molecule has 1 aliphatic heterocycles. The van der Waals surface area contributed by atoms with Gasteiger partial charge in [-0.25, -0.2) is 9.79 Å². The van der Waals surface area contributed by atoms with E-state index in [0.717, 1.165) is 10.0 Å². The molecule has 0 atom stereocenters. The molecule has 1 saturated heterocycles. The summed E-state index contributed by atoms with van der Waals surface area (Å²) in [6, 6.07) is 10.0. The molecule has 1 aliphatic rings. The van der Waals surface area contributed by atoms with Crippen molar-refractivity contribution in [2.75, 3.05) is 19.8 Å². The van der Waals surface area contributed by atoms with Gasteiger partial charge in [-0.3, -0.25) is 9.69 Å². The summed E-state index contributed by atoms with van der Waals surface area (Å²) in [7, 11) is 0. The quantitative estimate of drug-likeness (QED) is 0.459. The first-order chi connectivity index (χ1) is 15.4. The number of amides is 1. The summed E-state index contributed by atoms with van der Waals surface area (Å²) in [5, 5.41) is 9.70. The van der Waals surface area contributed by atoms with E-state index >= 15 is 0 Å². The molecule has 3 rings (SSSR count). The van der Waals surface area contributed by atoms with E-state index < -0.39 is 5.97 Å². The Labute approximate surface area is 199 Å². The van der Waals surface area contributed by atoms with Gasteiger partial charge in [0.25, 0.3) is 5.91 Å². The zero-order chi connectivity index (χ0) is 23.3. The normalized spacial score (nSPS) is 16.1. The summed E-state index contributed by atoms with van der Waals surface area (Å²) in [5.74, 6) is 0.0327. The van der Waals surface area contributed by atoms with Crippen LogP contribution in [0.1, 0.15) is 36.7 Å². The van der Waals surface area contributed by atoms with Crippen molar-refractivity contribution in [1.82, 2.24) is 4.90 Å². The Hall–Kier alpha value is -2.78. The molecule has 1 heterocycles. The van der Waals surface area contributed by atoms with E-state index in [0.29, 0.717) is 47.0 Å². The SMILES string of the molecule is CCOc1cc(/C=C2\SC(=Nc3cccc(C(=O)O)c3)N(CC)C2=O)cc(Br)c1OCC. The van der Waals surface area contributed by atoms with Crippen molar-refractivity contribution in [3.8, 4) is 11.5 Å². The molecule has 0 bridgehead atoms. The summed E-state index contributed by atoms with van der Waals surface area (Å²) in [4.78, 5) is 30.8. The molecule has 0 unspecified atom stereocenters. The van der Waals surface area contributed by atoms with E-state index in [1.54, 1.807) is 23.1 Å². The lowest BCUT2D eigenvalue weighted by molar-refractivity contribution is -0.122. The minimum absolute atomic E-state index is 0.141. The third-order valence-electron chi connectivity index (χ3n) is 4.44. The fourth-order valence-electron chi connectivity index (χ4n) is 3.06. The number of carboxylic acids is 1. The minimum Gasteiger partial charge on any atom is -0.490 e. The van der Waals surface area contributed by atoms with Gasteiger partial charge in [0.05, 0.1) is 33.8 Å². The van der Waals surface area contributed by atoms with Crippen molar-refractivity contribution >= 4 is 56.5 Å². The number of rotatable bonds is 8. The first kappa shape index (κ1) is 23.9. The van der Waals surface area contributed by atoms with Crippen molar-refractivity contribution in [3.63, 3.8) is 0 Å². The summed E-state index contributed by atoms with van der Waals surface area (Å²) < 4.78 is 12.1. The molecule has 7 nitrogen and oxygen atoms in total. The van der Waals surface area contributed by atoms with Crippen LogP contribution in [0.15, 0.2) is 50.8 Å². The highest BCUT2D eigenvalue weighted by Crippen LogP contribution is 2.39. The van der Waals surface area contributed by atoms with Gasteiger partial charge in [-0.1, -0.05) is 6.07 Å². The van der Waals surface area contributed by atoms with Crippen LogP contribution in [0.4, 0.5) is 5.69 Å². The maximum atomic E-state index is 13.0. The molecule has 32 heavy (non-hydrogen) atoms. The van der Waals surface area contributed by atoms with Crippen LogP contribution < -0.4 is 9.47 Å². The zero-order valence-corrected chi connectivity index (χ0v) is 20.3. The number of thioether (sulfide) groups is 1. The lowest BCUT2D eigenvalue weighted by Crippen LogP contribution is -2.28. The summed E-state index contributed by atoms with van der Waals surface area (Å²) in [6.07, 6.45) is 1.79. The average Bonchev–Trinajstić information content (AvgIpc) is 3.04. The lowest BCUT2D eigenvalue weighted by atomic mass is 10.2. The first-order valence-electron chi connectivity index (χ1n) is 10.1. The highest BCUT2D eigenvalue weighted by Gasteiger charge is 2.32. The van der Waals surface area contributed by atoms with Gasteiger partial charge in [0, 0.05) is 6.54 Å². The van der Waals surface area contributed by atoms with Crippen LogP contribution >= 0.6 is 27.7 Å². The molecule has 0 aliphatic carbocycles. The maximum absolute atomic E-state index is 13.0. The van der Waals surface area contributed by atoms with Crippen LogP contribution in [0, 0.1) is 0 Å². The number of hydrogen-bond donors (Lipinski definition) is 1. The molecule has 1 fully saturated rings. The largest absolute Gasteiger partial charge is 0.490 e. The number of carbonyl (C=O) groups is 2. The van der Waals surface area contributed by atoms with Gasteiger partial charge >= 0.3 is 5.97 Å². The van der Waals surface area contributed by atoms with E-state index in [9.17, 15) is 14.7 Å². The van der Waals surface area contributed by atoms with Gasteiger partial charge in [0.1, 0.15) is 0 Å². The van der Waals surface area contributed by atoms with Crippen molar-refractivity contribution < 1.29 is 24.2 Å². The number of hydrogen-bond acceptors (Lipinski definition) is 6. The second-order valence-electron chi connectivity index (χ2n) is 6.61. The molecule has 0 spiro atoms. The summed E-state index contributed by atoms with van der Waals surface area (Å²) in [6.45, 7) is 7.09. The van der Waals surface area contributed by atoms with E-state index in [1.165, 1.54) is 23.9 Å². The van der Waals surface area contributed by atoms with Crippen molar-refractivity contribution in [3.05, 3.63) is 56.9 Å². The Morgan fingerprint density at radius 3 is 2.59 bits per heavy atom. The van der Waals surface area contributed by atoms with Crippen LogP contribution in [0.3, 0.4) is 0 Å². The number of amidine groups is 1. The topological polar surface area (TPSA) is 88.4 Å². The molecule has 1 N–H and O–H groups in total. The Bertz CT molecular complexity index is 1100. The highest BCUT2D eigenvalue weighted by molar-refractivity contribution is 9.10. The Morgan fingerprint density at radius 2 is 1.94 bits per heavy atom. The molecular formula is C23H23BrN2O5S. The third-order valence-corrected chi connectivity index (χ3v) is 6.04. The predicted octanol–water partition coefficient (Wildman–Crippen LogP) is 5.57. The fraction of sp³-hybridized carbons (Fsp3) is 0.261. The van der Waals surface area contributed by atoms with Gasteiger partial charge in [-0.2, -0.15) is 0 Å². The number of ether oxygens (including phenoxy) is 2. The number of aliphatic imine (C=N–C) groups is 1. The third kappa shape index (κ3) is 5.34. The zero-order valence-electron chi connectivity index (χ0n) is 17.9. The molecule has 0 radical (unpaired) electrons. The summed E-state index contributed by atoms with van der Waals surface area (Å²) >= 11 is 4.77. The van der Waals surface area contributed by atoms with Crippen molar-refractivity contribution in [2.45, 2.75) is 20.8 Å². The Kier molecular flexibility index (Phi) is 7.98. The number of likely N-dealkylation sites (N-methyl/N-ethyl adjacent to an activating group) is 1. The van der Waals surface area contributed by atoms with E-state index in [1.807, 2.05) is 32.9 Å². The summed E-state index contributed by atoms with van der Waals surface area (Å²) in [5.41, 5.74) is 1.40. The number of carboxylic acid groups (broad SMARTS) is 1. The molecule has 0 aromatic heterocycles. The molecule has 168 valence electrons. The van der Waals surface area contributed by atoms with E-state index in [2.05, 4.69) is 20.9 Å². The minimum atomic E-state index is -1.03. The predicted molar refractivity (Wildman–Crippen MR) is 130 cm³/mol. The van der Waals surface area contributed by atoms with Crippen LogP contribution in [0.2, 0.25) is 0 Å². The van der Waals surface area contributed by atoms with Gasteiger partial charge < -0.3 is 14.6 Å². The second-order valence-corrected chi connectivity index (χ2v) is 8.47. The molecular weight excluding hydrogens is 496 g/mol. The fourth-order valence-corrected chi connectivity index (χ4v) is 4.70. The van der Waals surface area contributed by atoms with E-state index in [-0.39, 0.29) is 11.5 Å². The van der Waals surface area contributed by atoms with E-state index in [4.69, 9.17) is 9.47 Å². The van der Waals surface area contributed by atoms with Crippen LogP contribution in [0.5, 0.6) is 11.5 Å².